The van der Waals surface area contributed by atoms with Gasteiger partial charge in [0.05, 0.1) is 11.2 Å². The van der Waals surface area contributed by atoms with E-state index in [2.05, 4.69) is 16.8 Å². The molecule has 1 aromatic carbocycles. The Morgan fingerprint density at radius 1 is 1.11 bits per heavy atom. The number of benzene rings is 1. The lowest BCUT2D eigenvalue weighted by molar-refractivity contribution is -0.137. The molecule has 1 atom stereocenters. The summed E-state index contributed by atoms with van der Waals surface area (Å²) < 4.78 is 45.8. The van der Waals surface area contributed by atoms with E-state index in [0.29, 0.717) is 6.61 Å². The summed E-state index contributed by atoms with van der Waals surface area (Å²) in [5.41, 5.74) is -0.341. The maximum Gasteiger partial charge on any atom is 0.416 e. The SMILES string of the molecule is CN1CCN(CC[C@@]2(c3cccc(C(F)(F)F)c3)CCOC(C)(C)C2)CC1. The highest BCUT2D eigenvalue weighted by atomic mass is 19.4. The standard InChI is InChI=1S/C21H31F3N2O/c1-19(2)16-20(8-14-27-19,7-9-26-12-10-25(3)11-13-26)17-5-4-6-18(15-17)21(22,23)24/h4-6,15H,7-14,16H2,1-3H3/t20-/m1/s1. The molecule has 0 aromatic heterocycles. The highest BCUT2D eigenvalue weighted by Crippen LogP contribution is 2.45. The molecule has 3 nitrogen and oxygen atoms in total. The Morgan fingerprint density at radius 3 is 2.44 bits per heavy atom. The van der Waals surface area contributed by atoms with E-state index >= 15 is 0 Å². The number of likely N-dealkylation sites (N-methyl/N-ethyl adjacent to an activating group) is 1. The van der Waals surface area contributed by atoms with Gasteiger partial charge in [-0.15, -0.1) is 0 Å². The minimum absolute atomic E-state index is 0.271. The molecular formula is C21H31F3N2O. The molecule has 2 fully saturated rings. The largest absolute Gasteiger partial charge is 0.416 e. The number of hydrogen-bond acceptors (Lipinski definition) is 3. The molecule has 0 N–H and O–H groups in total. The Kier molecular flexibility index (Phi) is 5.90. The quantitative estimate of drug-likeness (QED) is 0.775. The van der Waals surface area contributed by atoms with Gasteiger partial charge in [0.2, 0.25) is 0 Å². The Bertz CT molecular complexity index is 639. The van der Waals surface area contributed by atoms with Crippen molar-refractivity contribution in [3.63, 3.8) is 0 Å². The van der Waals surface area contributed by atoms with Crippen LogP contribution in [0.2, 0.25) is 0 Å². The highest BCUT2D eigenvalue weighted by molar-refractivity contribution is 5.33. The van der Waals surface area contributed by atoms with Gasteiger partial charge in [-0.05, 0) is 58.3 Å². The molecule has 3 rings (SSSR count). The van der Waals surface area contributed by atoms with E-state index in [1.807, 2.05) is 19.9 Å². The van der Waals surface area contributed by atoms with Crippen molar-refractivity contribution in [1.82, 2.24) is 9.80 Å². The first-order chi connectivity index (χ1) is 12.6. The van der Waals surface area contributed by atoms with Gasteiger partial charge >= 0.3 is 6.18 Å². The van der Waals surface area contributed by atoms with Gasteiger partial charge in [-0.3, -0.25) is 0 Å². The second kappa shape index (κ2) is 7.72. The Morgan fingerprint density at radius 2 is 1.81 bits per heavy atom. The van der Waals surface area contributed by atoms with Gasteiger partial charge in [0, 0.05) is 38.2 Å². The van der Waals surface area contributed by atoms with Gasteiger partial charge in [0.15, 0.2) is 0 Å². The van der Waals surface area contributed by atoms with Gasteiger partial charge < -0.3 is 14.5 Å². The predicted molar refractivity (Wildman–Crippen MR) is 101 cm³/mol. The van der Waals surface area contributed by atoms with Gasteiger partial charge in [0.25, 0.3) is 0 Å². The summed E-state index contributed by atoms with van der Waals surface area (Å²) in [6.07, 6.45) is -1.93. The maximum atomic E-state index is 13.3. The summed E-state index contributed by atoms with van der Waals surface area (Å²) in [6.45, 7) is 9.74. The van der Waals surface area contributed by atoms with Crippen LogP contribution in [0.1, 0.15) is 44.2 Å². The van der Waals surface area contributed by atoms with Crippen LogP contribution in [0.3, 0.4) is 0 Å². The molecule has 152 valence electrons. The average Bonchev–Trinajstić information content (AvgIpc) is 2.60. The summed E-state index contributed by atoms with van der Waals surface area (Å²) in [5.74, 6) is 0. The van der Waals surface area contributed by atoms with Crippen LogP contribution >= 0.6 is 0 Å². The third-order valence-electron chi connectivity index (χ3n) is 6.14. The monoisotopic (exact) mass is 384 g/mol. The maximum absolute atomic E-state index is 13.3. The second-order valence-electron chi connectivity index (χ2n) is 8.79. The van der Waals surface area contributed by atoms with E-state index in [9.17, 15) is 13.2 Å². The van der Waals surface area contributed by atoms with Gasteiger partial charge in [0.1, 0.15) is 0 Å². The molecule has 2 saturated heterocycles. The third-order valence-corrected chi connectivity index (χ3v) is 6.14. The molecule has 2 aliphatic rings. The zero-order valence-corrected chi connectivity index (χ0v) is 16.6. The van der Waals surface area contributed by atoms with Crippen LogP contribution in [0, 0.1) is 0 Å². The van der Waals surface area contributed by atoms with Crippen molar-refractivity contribution >= 4 is 0 Å². The topological polar surface area (TPSA) is 15.7 Å². The fraction of sp³-hybridized carbons (Fsp3) is 0.714. The molecule has 1 aromatic rings. The second-order valence-corrected chi connectivity index (χ2v) is 8.79. The van der Waals surface area contributed by atoms with E-state index < -0.39 is 11.7 Å². The summed E-state index contributed by atoms with van der Waals surface area (Å²) in [4.78, 5) is 4.76. The zero-order valence-electron chi connectivity index (χ0n) is 16.6. The molecule has 6 heteroatoms. The number of hydrogen-bond donors (Lipinski definition) is 0. The fourth-order valence-corrected chi connectivity index (χ4v) is 4.55. The van der Waals surface area contributed by atoms with Crippen LogP contribution in [-0.4, -0.2) is 61.8 Å². The molecule has 2 aliphatic heterocycles. The first-order valence-electron chi connectivity index (χ1n) is 9.82. The molecule has 0 spiro atoms. The normalized spacial score (nSPS) is 27.6. The third kappa shape index (κ3) is 5.04. The molecule has 27 heavy (non-hydrogen) atoms. The van der Waals surface area contributed by atoms with Gasteiger partial charge in [-0.2, -0.15) is 13.2 Å². The molecule has 0 unspecified atom stereocenters. The molecule has 0 aliphatic carbocycles. The summed E-state index contributed by atoms with van der Waals surface area (Å²) in [6, 6.07) is 5.96. The van der Waals surface area contributed by atoms with E-state index in [4.69, 9.17) is 4.74 Å². The lowest BCUT2D eigenvalue weighted by Gasteiger charge is -2.46. The zero-order chi connectivity index (χ0) is 19.7. The van der Waals surface area contributed by atoms with E-state index in [0.717, 1.165) is 57.5 Å². The van der Waals surface area contributed by atoms with Crippen LogP contribution in [0.5, 0.6) is 0 Å². The van der Waals surface area contributed by atoms with Crippen molar-refractivity contribution in [3.05, 3.63) is 35.4 Å². The number of halogens is 3. The predicted octanol–water partition coefficient (Wildman–Crippen LogP) is 4.17. The van der Waals surface area contributed by atoms with Crippen molar-refractivity contribution in [3.8, 4) is 0 Å². The number of alkyl halides is 3. The van der Waals surface area contributed by atoms with E-state index in [1.54, 1.807) is 6.07 Å². The van der Waals surface area contributed by atoms with Crippen molar-refractivity contribution in [2.45, 2.75) is 50.3 Å². The highest BCUT2D eigenvalue weighted by Gasteiger charge is 2.43. The Balaban J connectivity index is 1.85. The summed E-state index contributed by atoms with van der Waals surface area (Å²) in [5, 5.41) is 0. The van der Waals surface area contributed by atoms with E-state index in [1.165, 1.54) is 12.1 Å². The molecule has 0 radical (unpaired) electrons. The van der Waals surface area contributed by atoms with Crippen LogP contribution in [0.15, 0.2) is 24.3 Å². The fourth-order valence-electron chi connectivity index (χ4n) is 4.55. The first-order valence-corrected chi connectivity index (χ1v) is 9.82. The van der Waals surface area contributed by atoms with Crippen molar-refractivity contribution < 1.29 is 17.9 Å². The smallest absolute Gasteiger partial charge is 0.376 e. The number of piperazine rings is 1. The van der Waals surface area contributed by atoms with E-state index in [-0.39, 0.29) is 11.0 Å². The van der Waals surface area contributed by atoms with Crippen LogP contribution in [-0.2, 0) is 16.3 Å². The van der Waals surface area contributed by atoms with Crippen LogP contribution in [0.25, 0.3) is 0 Å². The first kappa shape index (κ1) is 20.6. The lowest BCUT2D eigenvalue weighted by Crippen LogP contribution is -2.48. The Hall–Kier alpha value is -1.11. The van der Waals surface area contributed by atoms with Gasteiger partial charge in [-0.25, -0.2) is 0 Å². The number of nitrogens with zero attached hydrogens (tertiary/aromatic N) is 2. The summed E-state index contributed by atoms with van der Waals surface area (Å²) >= 11 is 0. The molecule has 0 bridgehead atoms. The minimum Gasteiger partial charge on any atom is -0.376 e. The molecular weight excluding hydrogens is 353 g/mol. The molecule has 0 saturated carbocycles. The van der Waals surface area contributed by atoms with Crippen LogP contribution < -0.4 is 0 Å². The van der Waals surface area contributed by atoms with Gasteiger partial charge in [-0.1, -0.05) is 18.2 Å². The van der Waals surface area contributed by atoms with Crippen molar-refractivity contribution in [2.75, 3.05) is 46.4 Å². The average molecular weight is 384 g/mol. The van der Waals surface area contributed by atoms with Crippen molar-refractivity contribution in [2.24, 2.45) is 0 Å². The minimum atomic E-state index is -4.31. The summed E-state index contributed by atoms with van der Waals surface area (Å²) in [7, 11) is 2.13. The molecule has 0 amide bonds. The lowest BCUT2D eigenvalue weighted by atomic mass is 9.67. The number of ether oxygens (including phenoxy) is 1. The molecule has 2 heterocycles. The van der Waals surface area contributed by atoms with Crippen LogP contribution in [0.4, 0.5) is 13.2 Å². The van der Waals surface area contributed by atoms with Crippen molar-refractivity contribution in [1.29, 1.82) is 0 Å². The number of rotatable bonds is 4. The Labute approximate surface area is 160 Å².